The van der Waals surface area contributed by atoms with E-state index < -0.39 is 0 Å². The van der Waals surface area contributed by atoms with Crippen molar-refractivity contribution >= 4 is 15.9 Å². The van der Waals surface area contributed by atoms with Gasteiger partial charge in [0.2, 0.25) is 0 Å². The molecule has 108 valence electrons. The summed E-state index contributed by atoms with van der Waals surface area (Å²) >= 11 is 3.47. The molecule has 0 heterocycles. The van der Waals surface area contributed by atoms with Gasteiger partial charge in [0.1, 0.15) is 5.75 Å². The summed E-state index contributed by atoms with van der Waals surface area (Å²) in [6.07, 6.45) is 9.24. The van der Waals surface area contributed by atoms with Crippen molar-refractivity contribution in [3.8, 4) is 5.75 Å². The van der Waals surface area contributed by atoms with Gasteiger partial charge in [0.25, 0.3) is 0 Å². The second-order valence-corrected chi connectivity index (χ2v) is 6.07. The van der Waals surface area contributed by atoms with Crippen LogP contribution in [0.15, 0.2) is 18.2 Å². The van der Waals surface area contributed by atoms with Gasteiger partial charge in [0.15, 0.2) is 0 Å². The molecule has 0 unspecified atom stereocenters. The number of alkyl halides is 1. The van der Waals surface area contributed by atoms with Crippen molar-refractivity contribution in [2.75, 3.05) is 11.9 Å². The molecular weight excluding hydrogens is 300 g/mol. The molecule has 0 spiro atoms. The van der Waals surface area contributed by atoms with Crippen LogP contribution in [0.3, 0.4) is 0 Å². The molecule has 0 saturated heterocycles. The zero-order chi connectivity index (χ0) is 13.9. The number of aryl methyl sites for hydroxylation is 2. The molecule has 1 rings (SSSR count). The van der Waals surface area contributed by atoms with E-state index in [0.717, 1.165) is 17.7 Å². The fraction of sp³-hybridized carbons (Fsp3) is 0.647. The van der Waals surface area contributed by atoms with Gasteiger partial charge in [-0.15, -0.1) is 0 Å². The summed E-state index contributed by atoms with van der Waals surface area (Å²) < 4.78 is 5.83. The van der Waals surface area contributed by atoms with Crippen LogP contribution in [0, 0.1) is 13.8 Å². The first kappa shape index (κ1) is 16.6. The second kappa shape index (κ2) is 10.3. The van der Waals surface area contributed by atoms with E-state index in [9.17, 15) is 0 Å². The predicted octanol–water partition coefficient (Wildman–Crippen LogP) is 5.81. The number of unbranched alkanes of at least 4 members (excludes halogenated alkanes) is 6. The Morgan fingerprint density at radius 1 is 0.895 bits per heavy atom. The molecule has 1 nitrogen and oxygen atoms in total. The van der Waals surface area contributed by atoms with Crippen molar-refractivity contribution in [3.05, 3.63) is 29.3 Å². The molecule has 0 aliphatic heterocycles. The number of benzene rings is 1. The van der Waals surface area contributed by atoms with E-state index in [1.165, 1.54) is 56.1 Å². The van der Waals surface area contributed by atoms with Crippen molar-refractivity contribution in [1.82, 2.24) is 0 Å². The third-order valence-corrected chi connectivity index (χ3v) is 3.93. The maximum absolute atomic E-state index is 5.83. The average molecular weight is 327 g/mol. The molecule has 1 aromatic carbocycles. The number of rotatable bonds is 10. The minimum absolute atomic E-state index is 0.852. The Bertz CT molecular complexity index is 349. The Hall–Kier alpha value is -0.500. The van der Waals surface area contributed by atoms with Gasteiger partial charge in [0, 0.05) is 5.33 Å². The Labute approximate surface area is 126 Å². The SMILES string of the molecule is Cc1ccc(OCCCCCCCCCBr)c(C)c1. The van der Waals surface area contributed by atoms with Crippen LogP contribution in [-0.4, -0.2) is 11.9 Å². The fourth-order valence-electron chi connectivity index (χ4n) is 2.22. The monoisotopic (exact) mass is 326 g/mol. The molecular formula is C17H27BrO. The molecule has 0 amide bonds. The maximum Gasteiger partial charge on any atom is 0.122 e. The zero-order valence-electron chi connectivity index (χ0n) is 12.4. The summed E-state index contributed by atoms with van der Waals surface area (Å²) in [5, 5.41) is 1.15. The topological polar surface area (TPSA) is 9.23 Å². The first-order valence-electron chi connectivity index (χ1n) is 7.50. The molecule has 0 aromatic heterocycles. The summed E-state index contributed by atoms with van der Waals surface area (Å²) in [6.45, 7) is 5.09. The lowest BCUT2D eigenvalue weighted by molar-refractivity contribution is 0.302. The smallest absolute Gasteiger partial charge is 0.122 e. The van der Waals surface area contributed by atoms with Crippen LogP contribution >= 0.6 is 15.9 Å². The van der Waals surface area contributed by atoms with E-state index in [-0.39, 0.29) is 0 Å². The third kappa shape index (κ3) is 7.61. The quantitative estimate of drug-likeness (QED) is 0.389. The van der Waals surface area contributed by atoms with Crippen LogP contribution in [0.1, 0.15) is 56.1 Å². The minimum Gasteiger partial charge on any atom is -0.493 e. The van der Waals surface area contributed by atoms with Gasteiger partial charge in [-0.3, -0.25) is 0 Å². The average Bonchev–Trinajstić information content (AvgIpc) is 2.39. The van der Waals surface area contributed by atoms with Crippen LogP contribution in [0.5, 0.6) is 5.75 Å². The lowest BCUT2D eigenvalue weighted by atomic mass is 10.1. The molecule has 0 saturated carbocycles. The van der Waals surface area contributed by atoms with Crippen LogP contribution in [0.25, 0.3) is 0 Å². The van der Waals surface area contributed by atoms with Crippen LogP contribution in [0.2, 0.25) is 0 Å². The fourth-order valence-corrected chi connectivity index (χ4v) is 2.62. The Morgan fingerprint density at radius 2 is 1.53 bits per heavy atom. The van der Waals surface area contributed by atoms with Crippen molar-refractivity contribution in [2.45, 2.75) is 58.8 Å². The van der Waals surface area contributed by atoms with Crippen molar-refractivity contribution in [1.29, 1.82) is 0 Å². The molecule has 0 aliphatic rings. The van der Waals surface area contributed by atoms with Crippen molar-refractivity contribution in [2.24, 2.45) is 0 Å². The number of hydrogen-bond acceptors (Lipinski definition) is 1. The lowest BCUT2D eigenvalue weighted by Crippen LogP contribution is -1.99. The Kier molecular flexibility index (Phi) is 8.98. The Morgan fingerprint density at radius 3 is 2.16 bits per heavy atom. The molecule has 0 N–H and O–H groups in total. The maximum atomic E-state index is 5.83. The number of hydrogen-bond donors (Lipinski definition) is 0. The molecule has 0 radical (unpaired) electrons. The van der Waals surface area contributed by atoms with E-state index in [0.29, 0.717) is 0 Å². The third-order valence-electron chi connectivity index (χ3n) is 3.37. The van der Waals surface area contributed by atoms with E-state index in [2.05, 4.69) is 48.0 Å². The van der Waals surface area contributed by atoms with Crippen molar-refractivity contribution < 1.29 is 4.74 Å². The molecule has 0 fully saturated rings. The first-order chi connectivity index (χ1) is 9.24. The molecule has 0 atom stereocenters. The first-order valence-corrected chi connectivity index (χ1v) is 8.62. The lowest BCUT2D eigenvalue weighted by Gasteiger charge is -2.09. The minimum atomic E-state index is 0.852. The van der Waals surface area contributed by atoms with Gasteiger partial charge < -0.3 is 4.74 Å². The van der Waals surface area contributed by atoms with Gasteiger partial charge in [-0.1, -0.05) is 65.7 Å². The molecule has 19 heavy (non-hydrogen) atoms. The number of halogens is 1. The molecule has 2 heteroatoms. The molecule has 1 aromatic rings. The van der Waals surface area contributed by atoms with Crippen LogP contribution in [-0.2, 0) is 0 Å². The van der Waals surface area contributed by atoms with E-state index >= 15 is 0 Å². The van der Waals surface area contributed by atoms with Gasteiger partial charge in [0.05, 0.1) is 6.61 Å². The summed E-state index contributed by atoms with van der Waals surface area (Å²) in [7, 11) is 0. The summed E-state index contributed by atoms with van der Waals surface area (Å²) in [6, 6.07) is 6.39. The highest BCUT2D eigenvalue weighted by atomic mass is 79.9. The van der Waals surface area contributed by atoms with Gasteiger partial charge in [-0.25, -0.2) is 0 Å². The normalized spacial score (nSPS) is 10.7. The highest BCUT2D eigenvalue weighted by Crippen LogP contribution is 2.19. The largest absolute Gasteiger partial charge is 0.493 e. The second-order valence-electron chi connectivity index (χ2n) is 5.28. The number of ether oxygens (including phenoxy) is 1. The van der Waals surface area contributed by atoms with E-state index in [4.69, 9.17) is 4.74 Å². The standard InChI is InChI=1S/C17H27BrO/c1-15-10-11-17(16(2)14-15)19-13-9-7-5-3-4-6-8-12-18/h10-11,14H,3-9,12-13H2,1-2H3. The van der Waals surface area contributed by atoms with Crippen LogP contribution < -0.4 is 4.74 Å². The van der Waals surface area contributed by atoms with Gasteiger partial charge >= 0.3 is 0 Å². The van der Waals surface area contributed by atoms with E-state index in [1.54, 1.807) is 0 Å². The summed E-state index contributed by atoms with van der Waals surface area (Å²) in [5.74, 6) is 1.04. The van der Waals surface area contributed by atoms with Gasteiger partial charge in [-0.2, -0.15) is 0 Å². The predicted molar refractivity (Wildman–Crippen MR) is 87.5 cm³/mol. The van der Waals surface area contributed by atoms with Crippen molar-refractivity contribution in [3.63, 3.8) is 0 Å². The van der Waals surface area contributed by atoms with E-state index in [1.807, 2.05) is 0 Å². The highest BCUT2D eigenvalue weighted by Gasteiger charge is 1.99. The van der Waals surface area contributed by atoms with Crippen LogP contribution in [0.4, 0.5) is 0 Å². The summed E-state index contributed by atoms with van der Waals surface area (Å²) in [4.78, 5) is 0. The summed E-state index contributed by atoms with van der Waals surface area (Å²) in [5.41, 5.74) is 2.54. The molecule has 0 aliphatic carbocycles. The highest BCUT2D eigenvalue weighted by molar-refractivity contribution is 9.09. The molecule has 0 bridgehead atoms. The Balaban J connectivity index is 2.01. The van der Waals surface area contributed by atoms with Gasteiger partial charge in [-0.05, 0) is 38.3 Å². The zero-order valence-corrected chi connectivity index (χ0v) is 14.0.